The van der Waals surface area contributed by atoms with E-state index in [1.54, 1.807) is 17.0 Å². The van der Waals surface area contributed by atoms with Gasteiger partial charge >= 0.3 is 6.03 Å². The van der Waals surface area contributed by atoms with E-state index in [4.69, 9.17) is 20.9 Å². The van der Waals surface area contributed by atoms with Crippen LogP contribution in [0.5, 0.6) is 0 Å². The average Bonchev–Trinajstić information content (AvgIpc) is 3.46. The fourth-order valence-corrected chi connectivity index (χ4v) is 5.11. The van der Waals surface area contributed by atoms with Crippen molar-refractivity contribution in [3.05, 3.63) is 35.2 Å². The van der Waals surface area contributed by atoms with Gasteiger partial charge in [-0.3, -0.25) is 9.69 Å². The number of imide groups is 1. The Morgan fingerprint density at radius 2 is 2.00 bits per heavy atom. The summed E-state index contributed by atoms with van der Waals surface area (Å²) in [4.78, 5) is 34.1. The second-order valence-corrected chi connectivity index (χ2v) is 8.91. The van der Waals surface area contributed by atoms with E-state index in [-0.39, 0.29) is 36.5 Å². The smallest absolute Gasteiger partial charge is 0.327 e. The van der Waals surface area contributed by atoms with Crippen molar-refractivity contribution in [2.24, 2.45) is 5.92 Å². The van der Waals surface area contributed by atoms with Gasteiger partial charge in [0.05, 0.1) is 18.6 Å². The van der Waals surface area contributed by atoms with Crippen LogP contribution in [0.2, 0.25) is 5.02 Å². The first kappa shape index (κ1) is 20.5. The van der Waals surface area contributed by atoms with Crippen LogP contribution in [0.1, 0.15) is 44.4 Å². The van der Waals surface area contributed by atoms with Gasteiger partial charge in [-0.15, -0.1) is 0 Å². The molecule has 3 unspecified atom stereocenters. The minimum atomic E-state index is -0.286. The third-order valence-electron chi connectivity index (χ3n) is 6.46. The molecule has 1 aliphatic carbocycles. The molecule has 3 amide bonds. The van der Waals surface area contributed by atoms with Crippen molar-refractivity contribution >= 4 is 23.5 Å². The molecule has 0 radical (unpaired) electrons. The Morgan fingerprint density at radius 3 is 2.81 bits per heavy atom. The predicted molar refractivity (Wildman–Crippen MR) is 112 cm³/mol. The Hall–Kier alpha value is -2.45. The maximum atomic E-state index is 13.4. The zero-order valence-electron chi connectivity index (χ0n) is 17.2. The zero-order valence-corrected chi connectivity index (χ0v) is 18.0. The number of ether oxygens (including phenoxy) is 1. The largest absolute Gasteiger partial charge is 0.376 e. The highest BCUT2D eigenvalue weighted by Gasteiger charge is 2.48. The monoisotopic (exact) mass is 444 g/mol. The Kier molecular flexibility index (Phi) is 5.67. The molecule has 3 atom stereocenters. The number of benzene rings is 1. The lowest BCUT2D eigenvalue weighted by atomic mass is 9.81. The summed E-state index contributed by atoms with van der Waals surface area (Å²) >= 11 is 6.07. The molecule has 31 heavy (non-hydrogen) atoms. The number of hydrogen-bond acceptors (Lipinski definition) is 6. The molecular formula is C22H25ClN4O4. The Bertz CT molecular complexity index is 974. The van der Waals surface area contributed by atoms with Gasteiger partial charge in [-0.05, 0) is 37.8 Å². The van der Waals surface area contributed by atoms with Crippen molar-refractivity contribution < 1.29 is 18.8 Å². The molecule has 3 heterocycles. The van der Waals surface area contributed by atoms with Gasteiger partial charge in [0.15, 0.2) is 0 Å². The van der Waals surface area contributed by atoms with Gasteiger partial charge in [0.1, 0.15) is 6.54 Å². The van der Waals surface area contributed by atoms with Gasteiger partial charge in [0.25, 0.3) is 0 Å². The van der Waals surface area contributed by atoms with Crippen LogP contribution in [-0.4, -0.2) is 57.2 Å². The van der Waals surface area contributed by atoms with E-state index >= 15 is 0 Å². The predicted octanol–water partition coefficient (Wildman–Crippen LogP) is 3.89. The van der Waals surface area contributed by atoms with Crippen molar-refractivity contribution in [1.82, 2.24) is 19.9 Å². The normalized spacial score (nSPS) is 26.4. The maximum absolute atomic E-state index is 13.4. The van der Waals surface area contributed by atoms with Crippen LogP contribution in [0.15, 0.2) is 28.8 Å². The molecule has 3 fully saturated rings. The quantitative estimate of drug-likeness (QED) is 0.695. The molecule has 9 heteroatoms. The minimum Gasteiger partial charge on any atom is -0.376 e. The number of carbonyl (C=O) groups is 2. The standard InChI is InChI=1S/C22H25ClN4O4/c23-15-6-3-5-14(11-15)20-24-19(31-25-20)13-26-18-9-2-1-8-17(18)21(28)27(22(26)29)12-16-7-4-10-30-16/h3,5-6,11,16-18H,1-2,4,7-10,12-13H2. The van der Waals surface area contributed by atoms with Gasteiger partial charge in [-0.1, -0.05) is 41.7 Å². The van der Waals surface area contributed by atoms with Crippen LogP contribution < -0.4 is 0 Å². The number of aromatic nitrogens is 2. The van der Waals surface area contributed by atoms with E-state index in [2.05, 4.69) is 10.1 Å². The molecule has 0 spiro atoms. The summed E-state index contributed by atoms with van der Waals surface area (Å²) in [6.45, 7) is 1.18. The van der Waals surface area contributed by atoms with E-state index in [1.165, 1.54) is 4.90 Å². The molecule has 1 aromatic heterocycles. The molecule has 1 saturated carbocycles. The molecule has 0 bridgehead atoms. The number of halogens is 1. The molecule has 3 aliphatic rings. The Labute approximate surface area is 185 Å². The topological polar surface area (TPSA) is 88.8 Å². The molecule has 8 nitrogen and oxygen atoms in total. The first-order valence-electron chi connectivity index (χ1n) is 10.9. The third-order valence-corrected chi connectivity index (χ3v) is 6.69. The summed E-state index contributed by atoms with van der Waals surface area (Å²) < 4.78 is 11.1. The summed E-state index contributed by atoms with van der Waals surface area (Å²) in [5, 5.41) is 4.64. The fraction of sp³-hybridized carbons (Fsp3) is 0.545. The lowest BCUT2D eigenvalue weighted by Gasteiger charge is -2.46. The average molecular weight is 445 g/mol. The highest BCUT2D eigenvalue weighted by Crippen LogP contribution is 2.36. The summed E-state index contributed by atoms with van der Waals surface area (Å²) in [7, 11) is 0. The highest BCUT2D eigenvalue weighted by atomic mass is 35.5. The van der Waals surface area contributed by atoms with E-state index in [0.717, 1.165) is 44.1 Å². The highest BCUT2D eigenvalue weighted by molar-refractivity contribution is 6.30. The lowest BCUT2D eigenvalue weighted by molar-refractivity contribution is -0.142. The van der Waals surface area contributed by atoms with Crippen LogP contribution in [0, 0.1) is 5.92 Å². The third kappa shape index (κ3) is 4.06. The molecule has 0 N–H and O–H groups in total. The fourth-order valence-electron chi connectivity index (χ4n) is 4.92. The molecule has 2 saturated heterocycles. The van der Waals surface area contributed by atoms with E-state index in [0.29, 0.717) is 29.9 Å². The zero-order chi connectivity index (χ0) is 21.4. The van der Waals surface area contributed by atoms with Crippen molar-refractivity contribution in [3.63, 3.8) is 0 Å². The van der Waals surface area contributed by atoms with Crippen LogP contribution in [0.3, 0.4) is 0 Å². The van der Waals surface area contributed by atoms with Gasteiger partial charge in [0.2, 0.25) is 17.6 Å². The molecular weight excluding hydrogens is 420 g/mol. The van der Waals surface area contributed by atoms with Gasteiger partial charge < -0.3 is 14.2 Å². The van der Waals surface area contributed by atoms with Crippen molar-refractivity contribution in [2.75, 3.05) is 13.2 Å². The Morgan fingerprint density at radius 1 is 1.13 bits per heavy atom. The molecule has 1 aromatic carbocycles. The Balaban J connectivity index is 1.38. The number of rotatable bonds is 5. The second kappa shape index (κ2) is 8.59. The lowest BCUT2D eigenvalue weighted by Crippen LogP contribution is -2.63. The number of urea groups is 1. The molecule has 5 rings (SSSR count). The van der Waals surface area contributed by atoms with Crippen LogP contribution in [0.25, 0.3) is 11.4 Å². The van der Waals surface area contributed by atoms with E-state index < -0.39 is 0 Å². The number of nitrogens with zero attached hydrogens (tertiary/aromatic N) is 4. The van der Waals surface area contributed by atoms with Gasteiger partial charge in [0, 0.05) is 23.2 Å². The number of fused-ring (bicyclic) bond motifs is 1. The summed E-state index contributed by atoms with van der Waals surface area (Å²) in [6.07, 6.45) is 5.37. The summed E-state index contributed by atoms with van der Waals surface area (Å²) in [5.41, 5.74) is 0.748. The number of amides is 3. The minimum absolute atomic E-state index is 0.0633. The molecule has 164 valence electrons. The van der Waals surface area contributed by atoms with E-state index in [1.807, 2.05) is 12.1 Å². The SMILES string of the molecule is O=C1C2CCCCC2N(Cc2nc(-c3cccc(Cl)c3)no2)C(=O)N1CC1CCCO1. The number of carbonyl (C=O) groups excluding carboxylic acids is 2. The van der Waals surface area contributed by atoms with Crippen LogP contribution in [0.4, 0.5) is 4.79 Å². The van der Waals surface area contributed by atoms with Gasteiger partial charge in [-0.25, -0.2) is 4.79 Å². The summed E-state index contributed by atoms with van der Waals surface area (Å²) in [6, 6.07) is 6.81. The van der Waals surface area contributed by atoms with Crippen LogP contribution >= 0.6 is 11.6 Å². The van der Waals surface area contributed by atoms with E-state index in [9.17, 15) is 9.59 Å². The first-order valence-corrected chi connectivity index (χ1v) is 11.3. The maximum Gasteiger partial charge on any atom is 0.327 e. The van der Waals surface area contributed by atoms with Crippen LogP contribution in [-0.2, 0) is 16.1 Å². The second-order valence-electron chi connectivity index (χ2n) is 8.47. The number of hydrogen-bond donors (Lipinski definition) is 0. The van der Waals surface area contributed by atoms with Crippen molar-refractivity contribution in [2.45, 2.75) is 57.2 Å². The van der Waals surface area contributed by atoms with Gasteiger partial charge in [-0.2, -0.15) is 4.98 Å². The molecule has 2 aliphatic heterocycles. The van der Waals surface area contributed by atoms with Crippen molar-refractivity contribution in [3.8, 4) is 11.4 Å². The molecule has 2 aromatic rings. The summed E-state index contributed by atoms with van der Waals surface area (Å²) in [5.74, 6) is 0.531. The first-order chi connectivity index (χ1) is 15.1. The van der Waals surface area contributed by atoms with Crippen molar-refractivity contribution in [1.29, 1.82) is 0 Å².